The van der Waals surface area contributed by atoms with E-state index in [1.54, 1.807) is 6.08 Å². The monoisotopic (exact) mass is 351 g/mol. The van der Waals surface area contributed by atoms with Crippen LogP contribution in [0.2, 0.25) is 0 Å². The van der Waals surface area contributed by atoms with Crippen molar-refractivity contribution in [3.05, 3.63) is 83.4 Å². The van der Waals surface area contributed by atoms with E-state index in [-0.39, 0.29) is 19.1 Å². The molecule has 5 heteroatoms. The average molecular weight is 351 g/mol. The van der Waals surface area contributed by atoms with Gasteiger partial charge in [-0.2, -0.15) is 0 Å². The molecule has 0 aliphatic carbocycles. The number of rotatable bonds is 5. The first-order valence-corrected chi connectivity index (χ1v) is 8.52. The minimum Gasteiger partial charge on any atom is -0.479 e. The maximum atomic E-state index is 12.4. The van der Waals surface area contributed by atoms with Crippen molar-refractivity contribution in [1.29, 1.82) is 0 Å². The van der Waals surface area contributed by atoms with Crippen LogP contribution in [0.25, 0.3) is 0 Å². The first kappa shape index (κ1) is 17.7. The Bertz CT molecular complexity index is 801. The van der Waals surface area contributed by atoms with Gasteiger partial charge in [-0.3, -0.25) is 4.90 Å². The molecule has 0 saturated heterocycles. The molecule has 0 saturated carbocycles. The fraction of sp³-hybridized carbons (Fsp3) is 0.238. The van der Waals surface area contributed by atoms with Crippen LogP contribution < -0.4 is 0 Å². The molecule has 1 heterocycles. The summed E-state index contributed by atoms with van der Waals surface area (Å²) in [6.07, 6.45) is 1.04. The number of ether oxygens (including phenoxy) is 1. The molecule has 1 unspecified atom stereocenters. The van der Waals surface area contributed by atoms with E-state index >= 15 is 0 Å². The minimum absolute atomic E-state index is 0.0324. The smallest absolute Gasteiger partial charge is 0.411 e. The van der Waals surface area contributed by atoms with Crippen LogP contribution in [0, 0.1) is 0 Å². The number of hydrogen-bond donors (Lipinski definition) is 1. The number of amides is 1. The Labute approximate surface area is 152 Å². The van der Waals surface area contributed by atoms with Crippen molar-refractivity contribution in [2.24, 2.45) is 0 Å². The van der Waals surface area contributed by atoms with Gasteiger partial charge in [-0.25, -0.2) is 9.59 Å². The van der Waals surface area contributed by atoms with Gasteiger partial charge in [0.15, 0.2) is 6.04 Å². The number of nitrogens with zero attached hydrogens (tertiary/aromatic N) is 1. The van der Waals surface area contributed by atoms with Crippen LogP contribution in [0.1, 0.15) is 24.0 Å². The average Bonchev–Trinajstić information content (AvgIpc) is 3.13. The number of hydrogen-bond acceptors (Lipinski definition) is 3. The quantitative estimate of drug-likeness (QED) is 0.832. The summed E-state index contributed by atoms with van der Waals surface area (Å²) in [4.78, 5) is 25.3. The summed E-state index contributed by atoms with van der Waals surface area (Å²) < 4.78 is 5.32. The highest BCUT2D eigenvalue weighted by Crippen LogP contribution is 2.30. The van der Waals surface area contributed by atoms with E-state index in [0.717, 1.165) is 16.7 Å². The van der Waals surface area contributed by atoms with Crippen LogP contribution in [0.15, 0.2) is 72.3 Å². The van der Waals surface area contributed by atoms with Gasteiger partial charge in [0.1, 0.15) is 6.61 Å². The molecule has 3 rings (SSSR count). The van der Waals surface area contributed by atoms with Gasteiger partial charge in [0, 0.05) is 12.5 Å². The lowest BCUT2D eigenvalue weighted by Gasteiger charge is -2.22. The van der Waals surface area contributed by atoms with E-state index in [1.807, 2.05) is 67.6 Å². The third kappa shape index (κ3) is 3.94. The van der Waals surface area contributed by atoms with Crippen LogP contribution in [0.5, 0.6) is 0 Å². The Morgan fingerprint density at radius 2 is 1.73 bits per heavy atom. The molecule has 0 radical (unpaired) electrons. The van der Waals surface area contributed by atoms with Crippen LogP contribution in [-0.2, 0) is 16.1 Å². The van der Waals surface area contributed by atoms with Crippen LogP contribution in [-0.4, -0.2) is 34.7 Å². The molecule has 0 aromatic heterocycles. The van der Waals surface area contributed by atoms with Crippen molar-refractivity contribution < 1.29 is 19.4 Å². The normalized spacial score (nSPS) is 17.5. The third-order valence-corrected chi connectivity index (χ3v) is 4.61. The van der Waals surface area contributed by atoms with E-state index in [9.17, 15) is 14.7 Å². The van der Waals surface area contributed by atoms with E-state index in [0.29, 0.717) is 0 Å². The maximum absolute atomic E-state index is 12.4. The molecule has 1 aliphatic heterocycles. The van der Waals surface area contributed by atoms with Crippen molar-refractivity contribution in [2.75, 3.05) is 6.54 Å². The number of carbonyl (C=O) groups is 2. The molecule has 5 nitrogen and oxygen atoms in total. The Morgan fingerprint density at radius 1 is 1.12 bits per heavy atom. The van der Waals surface area contributed by atoms with Crippen molar-refractivity contribution in [3.8, 4) is 0 Å². The van der Waals surface area contributed by atoms with Gasteiger partial charge in [-0.05, 0) is 22.8 Å². The summed E-state index contributed by atoms with van der Waals surface area (Å²) in [5.74, 6) is -1.03. The third-order valence-electron chi connectivity index (χ3n) is 4.61. The van der Waals surface area contributed by atoms with E-state index in [2.05, 4.69) is 0 Å². The molecule has 2 aromatic carbocycles. The maximum Gasteiger partial charge on any atom is 0.411 e. The predicted octanol–water partition coefficient (Wildman–Crippen LogP) is 3.82. The zero-order valence-corrected chi connectivity index (χ0v) is 14.5. The molecular weight excluding hydrogens is 330 g/mol. The lowest BCUT2D eigenvalue weighted by molar-refractivity contribution is -0.140. The van der Waals surface area contributed by atoms with Gasteiger partial charge in [0.05, 0.1) is 0 Å². The molecule has 1 aliphatic rings. The summed E-state index contributed by atoms with van der Waals surface area (Å²) in [5, 5.41) is 9.49. The first-order chi connectivity index (χ1) is 12.6. The molecule has 0 spiro atoms. The molecule has 1 N–H and O–H groups in total. The second-order valence-electron chi connectivity index (χ2n) is 6.33. The number of benzene rings is 2. The van der Waals surface area contributed by atoms with Crippen molar-refractivity contribution in [1.82, 2.24) is 4.90 Å². The summed E-state index contributed by atoms with van der Waals surface area (Å²) in [5.41, 5.74) is 2.85. The molecule has 1 amide bonds. The fourth-order valence-corrected chi connectivity index (χ4v) is 3.06. The standard InChI is InChI=1S/C21H21NO4/c1-15(17-10-6-3-7-11-17)18-12-19(20(23)24)22(13-18)21(25)26-14-16-8-4-2-5-9-16/h2-12,15,19H,13-14H2,1H3,(H,23,24)/t15?,19-/m0/s1. The lowest BCUT2D eigenvalue weighted by atomic mass is 9.93. The van der Waals surface area contributed by atoms with E-state index in [1.165, 1.54) is 4.90 Å². The van der Waals surface area contributed by atoms with E-state index in [4.69, 9.17) is 4.74 Å². The second kappa shape index (κ2) is 7.87. The van der Waals surface area contributed by atoms with Crippen molar-refractivity contribution in [3.63, 3.8) is 0 Å². The van der Waals surface area contributed by atoms with Gasteiger partial charge in [0.2, 0.25) is 0 Å². The minimum atomic E-state index is -1.06. The number of aliphatic carboxylic acids is 1. The lowest BCUT2D eigenvalue weighted by Crippen LogP contribution is -2.41. The van der Waals surface area contributed by atoms with Crippen molar-refractivity contribution >= 4 is 12.1 Å². The Morgan fingerprint density at radius 3 is 2.35 bits per heavy atom. The largest absolute Gasteiger partial charge is 0.479 e. The Kier molecular flexibility index (Phi) is 5.37. The summed E-state index contributed by atoms with van der Waals surface area (Å²) in [7, 11) is 0. The molecule has 134 valence electrons. The summed E-state index contributed by atoms with van der Waals surface area (Å²) in [6, 6.07) is 18.1. The fourth-order valence-electron chi connectivity index (χ4n) is 3.06. The van der Waals surface area contributed by atoms with Crippen LogP contribution in [0.4, 0.5) is 4.79 Å². The number of carbonyl (C=O) groups excluding carboxylic acids is 1. The van der Waals surface area contributed by atoms with Crippen LogP contribution in [0.3, 0.4) is 0 Å². The molecule has 0 bridgehead atoms. The first-order valence-electron chi connectivity index (χ1n) is 8.52. The highest BCUT2D eigenvalue weighted by Gasteiger charge is 2.36. The summed E-state index contributed by atoms with van der Waals surface area (Å²) in [6.45, 7) is 2.38. The molecular formula is C21H21NO4. The topological polar surface area (TPSA) is 66.8 Å². The number of carboxylic acid groups (broad SMARTS) is 1. The SMILES string of the molecule is CC(C1=C[C@@H](C(=O)O)N(C(=O)OCc2ccccc2)C1)c1ccccc1. The van der Waals surface area contributed by atoms with Crippen LogP contribution >= 0.6 is 0 Å². The predicted molar refractivity (Wildman–Crippen MR) is 97.7 cm³/mol. The zero-order chi connectivity index (χ0) is 18.5. The highest BCUT2D eigenvalue weighted by molar-refractivity contribution is 5.83. The zero-order valence-electron chi connectivity index (χ0n) is 14.5. The molecule has 26 heavy (non-hydrogen) atoms. The molecule has 2 atom stereocenters. The van der Waals surface area contributed by atoms with Gasteiger partial charge in [-0.15, -0.1) is 0 Å². The van der Waals surface area contributed by atoms with Gasteiger partial charge in [-0.1, -0.05) is 67.6 Å². The Balaban J connectivity index is 1.70. The Hall–Kier alpha value is -3.08. The highest BCUT2D eigenvalue weighted by atomic mass is 16.6. The van der Waals surface area contributed by atoms with Gasteiger partial charge < -0.3 is 9.84 Å². The van der Waals surface area contributed by atoms with Crippen molar-refractivity contribution in [2.45, 2.75) is 25.5 Å². The number of carboxylic acids is 1. The molecule has 2 aromatic rings. The van der Waals surface area contributed by atoms with Gasteiger partial charge >= 0.3 is 12.1 Å². The molecule has 0 fully saturated rings. The summed E-state index contributed by atoms with van der Waals surface area (Å²) >= 11 is 0. The second-order valence-corrected chi connectivity index (χ2v) is 6.33. The van der Waals surface area contributed by atoms with E-state index < -0.39 is 18.1 Å². The van der Waals surface area contributed by atoms with Gasteiger partial charge in [0.25, 0.3) is 0 Å².